The van der Waals surface area contributed by atoms with Gasteiger partial charge in [0.05, 0.1) is 5.71 Å². The normalized spacial score (nSPS) is 11.0. The van der Waals surface area contributed by atoms with Crippen LogP contribution in [0.15, 0.2) is 77.9 Å². The first-order chi connectivity index (χ1) is 14.9. The summed E-state index contributed by atoms with van der Waals surface area (Å²) in [5.41, 5.74) is 7.32. The molecule has 0 aliphatic heterocycles. The molecule has 0 unspecified atom stereocenters. The lowest BCUT2D eigenvalue weighted by molar-refractivity contribution is -0.118. The number of amides is 2. The molecule has 3 aromatic carbocycles. The van der Waals surface area contributed by atoms with Crippen LogP contribution in [0, 0.1) is 13.8 Å². The van der Waals surface area contributed by atoms with Crippen LogP contribution in [0.2, 0.25) is 0 Å². The van der Waals surface area contributed by atoms with Gasteiger partial charge in [-0.1, -0.05) is 36.4 Å². The Kier molecular flexibility index (Phi) is 7.17. The molecule has 0 saturated heterocycles. The second-order valence-corrected chi connectivity index (χ2v) is 7.13. The van der Waals surface area contributed by atoms with E-state index in [9.17, 15) is 9.59 Å². The zero-order valence-corrected chi connectivity index (χ0v) is 17.8. The van der Waals surface area contributed by atoms with Crippen molar-refractivity contribution in [3.63, 3.8) is 0 Å². The third-order valence-corrected chi connectivity index (χ3v) is 4.78. The number of ether oxygens (including phenoxy) is 1. The van der Waals surface area contributed by atoms with E-state index in [1.165, 1.54) is 0 Å². The average Bonchev–Trinajstić information content (AvgIpc) is 2.78. The van der Waals surface area contributed by atoms with E-state index in [-0.39, 0.29) is 18.4 Å². The smallest absolute Gasteiger partial charge is 0.271 e. The summed E-state index contributed by atoms with van der Waals surface area (Å²) in [5.74, 6) is 0.0903. The van der Waals surface area contributed by atoms with Crippen LogP contribution in [0.25, 0.3) is 0 Å². The predicted molar refractivity (Wildman–Crippen MR) is 123 cm³/mol. The van der Waals surface area contributed by atoms with Crippen LogP contribution in [-0.2, 0) is 4.79 Å². The van der Waals surface area contributed by atoms with Gasteiger partial charge in [-0.05, 0) is 73.9 Å². The number of para-hydroxylation sites is 1. The zero-order chi connectivity index (χ0) is 22.2. The molecule has 3 aromatic rings. The van der Waals surface area contributed by atoms with Gasteiger partial charge in [0.1, 0.15) is 5.75 Å². The van der Waals surface area contributed by atoms with Gasteiger partial charge in [0.2, 0.25) is 0 Å². The van der Waals surface area contributed by atoms with Crippen molar-refractivity contribution in [3.05, 3.63) is 95.1 Å². The number of nitrogens with zero attached hydrogens (tertiary/aromatic N) is 1. The highest BCUT2D eigenvalue weighted by molar-refractivity contribution is 6.01. The number of benzene rings is 3. The maximum Gasteiger partial charge on any atom is 0.271 e. The first kappa shape index (κ1) is 21.8. The first-order valence-corrected chi connectivity index (χ1v) is 9.93. The molecule has 0 aromatic heterocycles. The van der Waals surface area contributed by atoms with Gasteiger partial charge in [-0.15, -0.1) is 0 Å². The summed E-state index contributed by atoms with van der Waals surface area (Å²) in [5, 5.41) is 7.01. The summed E-state index contributed by atoms with van der Waals surface area (Å²) >= 11 is 0. The number of nitrogens with one attached hydrogen (secondary N) is 2. The summed E-state index contributed by atoms with van der Waals surface area (Å²) in [6.07, 6.45) is 0. The van der Waals surface area contributed by atoms with Gasteiger partial charge in [0.15, 0.2) is 6.61 Å². The van der Waals surface area contributed by atoms with Crippen molar-refractivity contribution in [3.8, 4) is 5.75 Å². The van der Waals surface area contributed by atoms with E-state index < -0.39 is 0 Å². The fourth-order valence-corrected chi connectivity index (χ4v) is 2.93. The Labute approximate surface area is 182 Å². The second-order valence-electron chi connectivity index (χ2n) is 7.13. The quantitative estimate of drug-likeness (QED) is 0.441. The molecule has 31 heavy (non-hydrogen) atoms. The van der Waals surface area contributed by atoms with E-state index in [0.29, 0.717) is 17.0 Å². The zero-order valence-electron chi connectivity index (χ0n) is 17.8. The molecule has 3 rings (SSSR count). The SMILES string of the molecule is C/C(=N/NC(=O)c1ccccc1C)c1ccc(OCC(=O)Nc2ccccc2C)cc1. The van der Waals surface area contributed by atoms with E-state index in [0.717, 1.165) is 22.4 Å². The minimum Gasteiger partial charge on any atom is -0.484 e. The second kappa shape index (κ2) is 10.2. The fourth-order valence-electron chi connectivity index (χ4n) is 2.93. The van der Waals surface area contributed by atoms with E-state index in [1.807, 2.05) is 75.4 Å². The monoisotopic (exact) mass is 415 g/mol. The molecule has 0 spiro atoms. The Bertz CT molecular complexity index is 1110. The van der Waals surface area contributed by atoms with Crippen LogP contribution in [0.3, 0.4) is 0 Å². The summed E-state index contributed by atoms with van der Waals surface area (Å²) in [4.78, 5) is 24.4. The minimum atomic E-state index is -0.253. The van der Waals surface area contributed by atoms with Gasteiger partial charge in [0, 0.05) is 11.3 Å². The van der Waals surface area contributed by atoms with Crippen molar-refractivity contribution in [1.82, 2.24) is 5.43 Å². The van der Waals surface area contributed by atoms with Crippen molar-refractivity contribution in [1.29, 1.82) is 0 Å². The molecule has 0 aliphatic carbocycles. The van der Waals surface area contributed by atoms with E-state index in [1.54, 1.807) is 18.2 Å². The fraction of sp³-hybridized carbons (Fsp3) is 0.160. The van der Waals surface area contributed by atoms with E-state index in [2.05, 4.69) is 15.8 Å². The maximum atomic E-state index is 12.3. The van der Waals surface area contributed by atoms with Gasteiger partial charge in [-0.3, -0.25) is 9.59 Å². The Hall–Kier alpha value is -3.93. The molecule has 0 bridgehead atoms. The molecule has 6 heteroatoms. The number of hydrazone groups is 1. The van der Waals surface area contributed by atoms with Gasteiger partial charge >= 0.3 is 0 Å². The van der Waals surface area contributed by atoms with Crippen LogP contribution < -0.4 is 15.5 Å². The van der Waals surface area contributed by atoms with Crippen molar-refractivity contribution in [2.24, 2.45) is 5.10 Å². The summed E-state index contributed by atoms with van der Waals surface area (Å²) in [6, 6.07) is 22.1. The Morgan fingerprint density at radius 3 is 2.19 bits per heavy atom. The number of hydrogen-bond donors (Lipinski definition) is 2. The highest BCUT2D eigenvalue weighted by atomic mass is 16.5. The van der Waals surface area contributed by atoms with Crippen LogP contribution in [0.1, 0.15) is 34.0 Å². The van der Waals surface area contributed by atoms with Crippen LogP contribution in [-0.4, -0.2) is 24.1 Å². The molecule has 2 amide bonds. The number of aryl methyl sites for hydroxylation is 2. The molecule has 0 radical (unpaired) electrons. The van der Waals surface area contributed by atoms with Crippen molar-refractivity contribution >= 4 is 23.2 Å². The van der Waals surface area contributed by atoms with E-state index in [4.69, 9.17) is 4.74 Å². The van der Waals surface area contributed by atoms with Gasteiger partial charge < -0.3 is 10.1 Å². The highest BCUT2D eigenvalue weighted by Gasteiger charge is 2.08. The van der Waals surface area contributed by atoms with Crippen LogP contribution in [0.4, 0.5) is 5.69 Å². The van der Waals surface area contributed by atoms with Gasteiger partial charge in [-0.25, -0.2) is 5.43 Å². The Morgan fingerprint density at radius 1 is 0.871 bits per heavy atom. The average molecular weight is 415 g/mol. The third-order valence-electron chi connectivity index (χ3n) is 4.78. The molecule has 0 heterocycles. The van der Waals surface area contributed by atoms with Crippen LogP contribution >= 0.6 is 0 Å². The summed E-state index contributed by atoms with van der Waals surface area (Å²) in [6.45, 7) is 5.53. The molecular weight excluding hydrogens is 390 g/mol. The molecule has 0 aliphatic rings. The lowest BCUT2D eigenvalue weighted by Crippen LogP contribution is -2.20. The summed E-state index contributed by atoms with van der Waals surface area (Å²) in [7, 11) is 0. The molecule has 6 nitrogen and oxygen atoms in total. The van der Waals surface area contributed by atoms with Gasteiger partial charge in [0.25, 0.3) is 11.8 Å². The van der Waals surface area contributed by atoms with Crippen molar-refractivity contribution in [2.45, 2.75) is 20.8 Å². The summed E-state index contributed by atoms with van der Waals surface area (Å²) < 4.78 is 5.56. The molecular formula is C25H25N3O3. The number of carbonyl (C=O) groups excluding carboxylic acids is 2. The number of anilines is 1. The Morgan fingerprint density at radius 2 is 1.52 bits per heavy atom. The maximum absolute atomic E-state index is 12.3. The first-order valence-electron chi connectivity index (χ1n) is 9.93. The molecule has 0 saturated carbocycles. The Balaban J connectivity index is 1.54. The molecule has 158 valence electrons. The lowest BCUT2D eigenvalue weighted by Gasteiger charge is -2.10. The van der Waals surface area contributed by atoms with Crippen LogP contribution in [0.5, 0.6) is 5.75 Å². The topological polar surface area (TPSA) is 79.8 Å². The molecule has 0 atom stereocenters. The highest BCUT2D eigenvalue weighted by Crippen LogP contribution is 2.15. The third kappa shape index (κ3) is 6.02. The van der Waals surface area contributed by atoms with Crippen molar-refractivity contribution < 1.29 is 14.3 Å². The van der Waals surface area contributed by atoms with E-state index >= 15 is 0 Å². The standard InChI is InChI=1S/C25H25N3O3/c1-17-8-4-6-10-22(17)25(30)28-27-19(3)20-12-14-21(15-13-20)31-16-24(29)26-23-11-7-5-9-18(23)2/h4-15H,16H2,1-3H3,(H,26,29)(H,28,30)/b27-19-. The predicted octanol–water partition coefficient (Wildman–Crippen LogP) is 4.47. The number of rotatable bonds is 7. The number of hydrogen-bond acceptors (Lipinski definition) is 4. The molecule has 2 N–H and O–H groups in total. The van der Waals surface area contributed by atoms with Crippen molar-refractivity contribution in [2.75, 3.05) is 11.9 Å². The molecule has 0 fully saturated rings. The van der Waals surface area contributed by atoms with Gasteiger partial charge in [-0.2, -0.15) is 5.10 Å². The minimum absolute atomic E-state index is 0.0900. The number of carbonyl (C=O) groups is 2. The largest absolute Gasteiger partial charge is 0.484 e. The lowest BCUT2D eigenvalue weighted by atomic mass is 10.1.